The van der Waals surface area contributed by atoms with Crippen LogP contribution in [0.4, 0.5) is 11.5 Å². The number of anilines is 1. The molecule has 7 heteroatoms. The van der Waals surface area contributed by atoms with Gasteiger partial charge in [-0.1, -0.05) is 6.08 Å². The van der Waals surface area contributed by atoms with E-state index in [9.17, 15) is 14.9 Å². The van der Waals surface area contributed by atoms with Gasteiger partial charge < -0.3 is 10.1 Å². The number of nitro groups is 1. The van der Waals surface area contributed by atoms with Gasteiger partial charge in [0.25, 0.3) is 5.69 Å². The number of nitrogens with zero attached hydrogens (tertiary/aromatic N) is 2. The Balaban J connectivity index is 3.12. The molecule has 0 aliphatic rings. The first-order chi connectivity index (χ1) is 8.60. The molecule has 0 atom stereocenters. The predicted molar refractivity (Wildman–Crippen MR) is 65.5 cm³/mol. The van der Waals surface area contributed by atoms with E-state index in [1.165, 1.54) is 0 Å². The van der Waals surface area contributed by atoms with E-state index < -0.39 is 10.9 Å². The number of carbonyl (C=O) groups is 1. The molecule has 0 fully saturated rings. The molecule has 96 valence electrons. The maximum Gasteiger partial charge on any atom is 0.342 e. The van der Waals surface area contributed by atoms with E-state index in [-0.39, 0.29) is 23.7 Å². The Morgan fingerprint density at radius 2 is 2.44 bits per heavy atom. The molecule has 0 radical (unpaired) electrons. The lowest BCUT2D eigenvalue weighted by Gasteiger charge is -2.08. The molecule has 0 aliphatic carbocycles. The summed E-state index contributed by atoms with van der Waals surface area (Å²) in [5, 5.41) is 13.5. The lowest BCUT2D eigenvalue weighted by atomic mass is 10.2. The highest BCUT2D eigenvalue weighted by Crippen LogP contribution is 2.19. The van der Waals surface area contributed by atoms with Crippen LogP contribution in [0.1, 0.15) is 17.3 Å². The summed E-state index contributed by atoms with van der Waals surface area (Å²) in [4.78, 5) is 25.5. The molecule has 0 aromatic carbocycles. The smallest absolute Gasteiger partial charge is 0.342 e. The first-order valence-electron chi connectivity index (χ1n) is 5.26. The number of carbonyl (C=O) groups excluding carboxylic acids is 1. The van der Waals surface area contributed by atoms with Crippen molar-refractivity contribution in [3.63, 3.8) is 0 Å². The molecule has 0 amide bonds. The van der Waals surface area contributed by atoms with Gasteiger partial charge in [-0.25, -0.2) is 9.78 Å². The van der Waals surface area contributed by atoms with Crippen molar-refractivity contribution in [3.05, 3.63) is 40.6 Å². The van der Waals surface area contributed by atoms with Gasteiger partial charge in [-0.15, -0.1) is 6.58 Å². The van der Waals surface area contributed by atoms with Crippen LogP contribution in [0.5, 0.6) is 0 Å². The highest BCUT2D eigenvalue weighted by Gasteiger charge is 2.18. The minimum atomic E-state index is -0.653. The van der Waals surface area contributed by atoms with E-state index in [1.54, 1.807) is 13.0 Å². The molecular weight excluding hydrogens is 238 g/mol. The standard InChI is InChI=1S/C11H13N3O4/c1-3-5-12-10-9(11(15)18-4-2)6-8(7-13-10)14(16)17/h3,6-7H,1,4-5H2,2H3,(H,12,13). The van der Waals surface area contributed by atoms with E-state index >= 15 is 0 Å². The summed E-state index contributed by atoms with van der Waals surface area (Å²) in [7, 11) is 0. The Morgan fingerprint density at radius 3 is 3.00 bits per heavy atom. The van der Waals surface area contributed by atoms with Crippen molar-refractivity contribution in [2.45, 2.75) is 6.92 Å². The summed E-state index contributed by atoms with van der Waals surface area (Å²) in [5.41, 5.74) is -0.227. The van der Waals surface area contributed by atoms with Gasteiger partial charge in [0.15, 0.2) is 0 Å². The first-order valence-corrected chi connectivity index (χ1v) is 5.26. The minimum Gasteiger partial charge on any atom is -0.462 e. The van der Waals surface area contributed by atoms with Gasteiger partial charge >= 0.3 is 5.97 Å². The maximum absolute atomic E-state index is 11.7. The van der Waals surface area contributed by atoms with Crippen LogP contribution < -0.4 is 5.32 Å². The average Bonchev–Trinajstić information content (AvgIpc) is 2.36. The van der Waals surface area contributed by atoms with Gasteiger partial charge in [0, 0.05) is 12.6 Å². The van der Waals surface area contributed by atoms with Crippen LogP contribution in [0.3, 0.4) is 0 Å². The molecule has 1 rings (SSSR count). The SMILES string of the molecule is C=CCNc1ncc([N+](=O)[O-])cc1C(=O)OCC. The second-order valence-electron chi connectivity index (χ2n) is 3.24. The maximum atomic E-state index is 11.7. The van der Waals surface area contributed by atoms with Gasteiger partial charge in [0.1, 0.15) is 17.6 Å². The fraction of sp³-hybridized carbons (Fsp3) is 0.273. The van der Waals surface area contributed by atoms with Gasteiger partial charge in [-0.2, -0.15) is 0 Å². The summed E-state index contributed by atoms with van der Waals surface area (Å²) < 4.78 is 4.82. The summed E-state index contributed by atoms with van der Waals surface area (Å²) >= 11 is 0. The van der Waals surface area contributed by atoms with Crippen LogP contribution in [0.2, 0.25) is 0 Å². The zero-order valence-electron chi connectivity index (χ0n) is 9.88. The van der Waals surface area contributed by atoms with Gasteiger partial charge in [-0.05, 0) is 6.92 Å². The summed E-state index contributed by atoms with van der Waals surface area (Å²) in [6, 6.07) is 1.14. The Bertz CT molecular complexity index is 473. The first kappa shape index (κ1) is 13.6. The quantitative estimate of drug-likeness (QED) is 0.358. The Morgan fingerprint density at radius 1 is 1.72 bits per heavy atom. The molecule has 1 aromatic heterocycles. The molecule has 18 heavy (non-hydrogen) atoms. The van der Waals surface area contributed by atoms with Crippen LogP contribution >= 0.6 is 0 Å². The second kappa shape index (κ2) is 6.33. The van der Waals surface area contributed by atoms with Crippen molar-refractivity contribution in [3.8, 4) is 0 Å². The lowest BCUT2D eigenvalue weighted by molar-refractivity contribution is -0.385. The van der Waals surface area contributed by atoms with E-state index in [4.69, 9.17) is 4.74 Å². The predicted octanol–water partition coefficient (Wildman–Crippen LogP) is 1.76. The molecule has 0 bridgehead atoms. The molecular formula is C11H13N3O4. The number of hydrogen-bond donors (Lipinski definition) is 1. The zero-order chi connectivity index (χ0) is 13.5. The molecule has 0 spiro atoms. The largest absolute Gasteiger partial charge is 0.462 e. The topological polar surface area (TPSA) is 94.4 Å². The molecule has 0 saturated heterocycles. The summed E-state index contributed by atoms with van der Waals surface area (Å²) in [6.45, 7) is 5.74. The van der Waals surface area contributed by atoms with Crippen molar-refractivity contribution in [2.24, 2.45) is 0 Å². The van der Waals surface area contributed by atoms with Crippen LogP contribution in [0.15, 0.2) is 24.9 Å². The Labute approximate surface area is 104 Å². The molecule has 0 unspecified atom stereocenters. The highest BCUT2D eigenvalue weighted by molar-refractivity contribution is 5.95. The number of pyridine rings is 1. The lowest BCUT2D eigenvalue weighted by Crippen LogP contribution is -2.12. The second-order valence-corrected chi connectivity index (χ2v) is 3.24. The van der Waals surface area contributed by atoms with E-state index in [1.807, 2.05) is 0 Å². The summed E-state index contributed by atoms with van der Waals surface area (Å²) in [5.74, 6) is -0.417. The van der Waals surface area contributed by atoms with Crippen molar-refractivity contribution in [1.82, 2.24) is 4.98 Å². The number of hydrogen-bond acceptors (Lipinski definition) is 6. The highest BCUT2D eigenvalue weighted by atomic mass is 16.6. The van der Waals surface area contributed by atoms with Crippen molar-refractivity contribution < 1.29 is 14.5 Å². The average molecular weight is 251 g/mol. The normalized spacial score (nSPS) is 9.61. The number of rotatable bonds is 6. The van der Waals surface area contributed by atoms with Gasteiger partial charge in [0.2, 0.25) is 0 Å². The minimum absolute atomic E-state index is 0.0351. The monoisotopic (exact) mass is 251 g/mol. The third-order valence-corrected chi connectivity index (χ3v) is 1.99. The van der Waals surface area contributed by atoms with Crippen molar-refractivity contribution in [1.29, 1.82) is 0 Å². The molecule has 0 saturated carbocycles. The molecule has 1 N–H and O–H groups in total. The van der Waals surface area contributed by atoms with Crippen LogP contribution in [0.25, 0.3) is 0 Å². The molecule has 1 heterocycles. The third-order valence-electron chi connectivity index (χ3n) is 1.99. The van der Waals surface area contributed by atoms with Gasteiger partial charge in [-0.3, -0.25) is 10.1 Å². The van der Waals surface area contributed by atoms with E-state index in [0.29, 0.717) is 6.54 Å². The number of aromatic nitrogens is 1. The van der Waals surface area contributed by atoms with E-state index in [2.05, 4.69) is 16.9 Å². The van der Waals surface area contributed by atoms with Crippen LogP contribution in [0, 0.1) is 10.1 Å². The van der Waals surface area contributed by atoms with Crippen LogP contribution in [-0.4, -0.2) is 29.0 Å². The zero-order valence-corrected chi connectivity index (χ0v) is 9.88. The summed E-state index contributed by atoms with van der Waals surface area (Å²) in [6.07, 6.45) is 2.66. The number of nitrogens with one attached hydrogen (secondary N) is 1. The molecule has 1 aromatic rings. The fourth-order valence-corrected chi connectivity index (χ4v) is 1.23. The molecule has 7 nitrogen and oxygen atoms in total. The number of esters is 1. The van der Waals surface area contributed by atoms with Gasteiger partial charge in [0.05, 0.1) is 11.5 Å². The van der Waals surface area contributed by atoms with E-state index in [0.717, 1.165) is 12.3 Å². The van der Waals surface area contributed by atoms with Crippen molar-refractivity contribution >= 4 is 17.5 Å². The van der Waals surface area contributed by atoms with Crippen molar-refractivity contribution in [2.75, 3.05) is 18.5 Å². The molecule has 0 aliphatic heterocycles. The fourth-order valence-electron chi connectivity index (χ4n) is 1.23. The Kier molecular flexibility index (Phi) is 4.79. The third kappa shape index (κ3) is 3.27. The Hall–Kier alpha value is -2.44. The number of ether oxygens (including phenoxy) is 1. The van der Waals surface area contributed by atoms with Crippen LogP contribution in [-0.2, 0) is 4.74 Å².